The monoisotopic (exact) mass is 330 g/mol. The van der Waals surface area contributed by atoms with Gasteiger partial charge in [0, 0.05) is 11.9 Å². The predicted octanol–water partition coefficient (Wildman–Crippen LogP) is 5.24. The number of aromatic hydroxyl groups is 1. The highest BCUT2D eigenvalue weighted by Crippen LogP contribution is 2.26. The first-order valence-corrected chi connectivity index (χ1v) is 7.35. The van der Waals surface area contributed by atoms with Gasteiger partial charge in [0.1, 0.15) is 5.75 Å². The molecule has 0 aliphatic rings. The molecule has 110 valence electrons. The topological polar surface area (TPSA) is 37.5 Å². The van der Waals surface area contributed by atoms with Crippen molar-refractivity contribution >= 4 is 35.1 Å². The Morgan fingerprint density at radius 2 is 1.73 bits per heavy atom. The normalized spacial score (nSPS) is 11.2. The van der Waals surface area contributed by atoms with E-state index in [1.807, 2.05) is 35.0 Å². The molecule has 0 aliphatic carbocycles. The van der Waals surface area contributed by atoms with Crippen LogP contribution in [0.2, 0.25) is 10.0 Å². The summed E-state index contributed by atoms with van der Waals surface area (Å²) < 4.78 is 1.97. The van der Waals surface area contributed by atoms with Crippen molar-refractivity contribution < 1.29 is 5.11 Å². The van der Waals surface area contributed by atoms with Crippen LogP contribution in [0.1, 0.15) is 5.69 Å². The molecule has 2 aromatic carbocycles. The Bertz CT molecular complexity index is 823. The van der Waals surface area contributed by atoms with Gasteiger partial charge in [0.15, 0.2) is 0 Å². The molecule has 0 fully saturated rings. The number of aromatic nitrogens is 1. The lowest BCUT2D eigenvalue weighted by Crippen LogP contribution is -1.97. The third-order valence-corrected chi connectivity index (χ3v) is 3.90. The van der Waals surface area contributed by atoms with Crippen molar-refractivity contribution in [3.05, 3.63) is 76.5 Å². The molecule has 0 unspecified atom stereocenters. The number of rotatable bonds is 3. The summed E-state index contributed by atoms with van der Waals surface area (Å²) in [4.78, 5) is 4.42. The average Bonchev–Trinajstić information content (AvgIpc) is 2.98. The van der Waals surface area contributed by atoms with E-state index < -0.39 is 0 Å². The number of hydrogen-bond acceptors (Lipinski definition) is 2. The molecule has 3 rings (SSSR count). The number of hydrogen-bond donors (Lipinski definition) is 1. The highest BCUT2D eigenvalue weighted by molar-refractivity contribution is 6.42. The fourth-order valence-corrected chi connectivity index (χ4v) is 2.35. The summed E-state index contributed by atoms with van der Waals surface area (Å²) in [7, 11) is 0. The molecule has 0 saturated carbocycles. The first-order valence-electron chi connectivity index (χ1n) is 6.59. The molecule has 0 aliphatic heterocycles. The zero-order chi connectivity index (χ0) is 15.5. The van der Waals surface area contributed by atoms with Crippen molar-refractivity contribution in [3.8, 4) is 11.4 Å². The average molecular weight is 331 g/mol. The second-order valence-corrected chi connectivity index (χ2v) is 5.49. The number of phenolic OH excluding ortho intramolecular Hbond substituents is 1. The molecule has 1 N–H and O–H groups in total. The maximum absolute atomic E-state index is 9.37. The van der Waals surface area contributed by atoms with E-state index in [0.717, 1.165) is 17.1 Å². The van der Waals surface area contributed by atoms with Gasteiger partial charge in [-0.15, -0.1) is 0 Å². The van der Waals surface area contributed by atoms with E-state index >= 15 is 0 Å². The molecule has 1 heterocycles. The van der Waals surface area contributed by atoms with Gasteiger partial charge in [0.25, 0.3) is 0 Å². The van der Waals surface area contributed by atoms with E-state index in [4.69, 9.17) is 23.2 Å². The molecule has 5 heteroatoms. The lowest BCUT2D eigenvalue weighted by Gasteiger charge is -2.06. The van der Waals surface area contributed by atoms with Crippen LogP contribution in [0.4, 0.5) is 5.69 Å². The summed E-state index contributed by atoms with van der Waals surface area (Å²) in [5.74, 6) is 0.238. The summed E-state index contributed by atoms with van der Waals surface area (Å²) in [5, 5.41) is 10.3. The van der Waals surface area contributed by atoms with Gasteiger partial charge in [0.2, 0.25) is 0 Å². The van der Waals surface area contributed by atoms with Gasteiger partial charge < -0.3 is 9.67 Å². The molecule has 0 amide bonds. The molecular weight excluding hydrogens is 319 g/mol. The van der Waals surface area contributed by atoms with E-state index in [1.54, 1.807) is 36.5 Å². The van der Waals surface area contributed by atoms with E-state index in [0.29, 0.717) is 10.0 Å². The molecule has 22 heavy (non-hydrogen) atoms. The van der Waals surface area contributed by atoms with Crippen LogP contribution >= 0.6 is 23.2 Å². The zero-order valence-corrected chi connectivity index (χ0v) is 13.0. The number of nitrogens with zero attached hydrogens (tertiary/aromatic N) is 2. The predicted molar refractivity (Wildman–Crippen MR) is 91.1 cm³/mol. The zero-order valence-electron chi connectivity index (χ0n) is 11.4. The molecule has 0 saturated heterocycles. The summed E-state index contributed by atoms with van der Waals surface area (Å²) in [5.41, 5.74) is 2.59. The minimum absolute atomic E-state index is 0.238. The summed E-state index contributed by atoms with van der Waals surface area (Å²) >= 11 is 11.9. The van der Waals surface area contributed by atoms with Gasteiger partial charge in [-0.25, -0.2) is 0 Å². The fourth-order valence-electron chi connectivity index (χ4n) is 2.05. The van der Waals surface area contributed by atoms with Crippen molar-refractivity contribution in [2.24, 2.45) is 4.99 Å². The van der Waals surface area contributed by atoms with Crippen molar-refractivity contribution in [3.63, 3.8) is 0 Å². The number of benzene rings is 2. The van der Waals surface area contributed by atoms with Crippen molar-refractivity contribution in [2.45, 2.75) is 0 Å². The SMILES string of the molecule is Oc1ccc(-n2cccc2C=Nc2ccc(Cl)c(Cl)c2)cc1. The van der Waals surface area contributed by atoms with Crippen LogP contribution in [0.25, 0.3) is 5.69 Å². The molecule has 0 spiro atoms. The van der Waals surface area contributed by atoms with E-state index in [9.17, 15) is 5.11 Å². The van der Waals surface area contributed by atoms with E-state index in [2.05, 4.69) is 4.99 Å². The van der Waals surface area contributed by atoms with Crippen LogP contribution < -0.4 is 0 Å². The summed E-state index contributed by atoms with van der Waals surface area (Å²) in [6, 6.07) is 16.1. The Morgan fingerprint density at radius 3 is 2.45 bits per heavy atom. The number of aliphatic imine (C=N–C) groups is 1. The lowest BCUT2D eigenvalue weighted by atomic mass is 10.3. The fraction of sp³-hybridized carbons (Fsp3) is 0. The molecule has 0 atom stereocenters. The third kappa shape index (κ3) is 3.16. The third-order valence-electron chi connectivity index (χ3n) is 3.16. The van der Waals surface area contributed by atoms with Crippen molar-refractivity contribution in [1.29, 1.82) is 0 Å². The Kier molecular flexibility index (Phi) is 4.18. The van der Waals surface area contributed by atoms with Crippen LogP contribution in [-0.2, 0) is 0 Å². The second-order valence-electron chi connectivity index (χ2n) is 4.68. The van der Waals surface area contributed by atoms with Crippen LogP contribution in [-0.4, -0.2) is 15.9 Å². The highest BCUT2D eigenvalue weighted by atomic mass is 35.5. The quantitative estimate of drug-likeness (QED) is 0.655. The number of halogens is 2. The first kappa shape index (κ1) is 14.7. The maximum atomic E-state index is 9.37. The maximum Gasteiger partial charge on any atom is 0.115 e. The minimum Gasteiger partial charge on any atom is -0.508 e. The lowest BCUT2D eigenvalue weighted by molar-refractivity contribution is 0.475. The summed E-state index contributed by atoms with van der Waals surface area (Å²) in [6.45, 7) is 0. The van der Waals surface area contributed by atoms with Gasteiger partial charge in [-0.05, 0) is 54.6 Å². The van der Waals surface area contributed by atoms with Crippen molar-refractivity contribution in [1.82, 2.24) is 4.57 Å². The minimum atomic E-state index is 0.238. The van der Waals surface area contributed by atoms with Crippen LogP contribution in [0.5, 0.6) is 5.75 Å². The molecule has 3 nitrogen and oxygen atoms in total. The number of phenols is 1. The van der Waals surface area contributed by atoms with Crippen LogP contribution in [0, 0.1) is 0 Å². The smallest absolute Gasteiger partial charge is 0.115 e. The molecule has 1 aromatic heterocycles. The Morgan fingerprint density at radius 1 is 0.955 bits per heavy atom. The molecule has 3 aromatic rings. The van der Waals surface area contributed by atoms with Crippen LogP contribution in [0.15, 0.2) is 65.8 Å². The standard InChI is InChI=1S/C17H12Cl2N2O/c18-16-8-3-12(10-17(16)19)20-11-14-2-1-9-21(14)13-4-6-15(22)7-5-13/h1-11,22H. The molecule has 0 radical (unpaired) electrons. The molecular formula is C17H12Cl2N2O. The van der Waals surface area contributed by atoms with Gasteiger partial charge >= 0.3 is 0 Å². The first-order chi connectivity index (χ1) is 10.6. The van der Waals surface area contributed by atoms with E-state index in [-0.39, 0.29) is 5.75 Å². The van der Waals surface area contributed by atoms with Gasteiger partial charge in [-0.3, -0.25) is 4.99 Å². The Hall–Kier alpha value is -2.23. The largest absolute Gasteiger partial charge is 0.508 e. The molecule has 0 bridgehead atoms. The van der Waals surface area contributed by atoms with Gasteiger partial charge in [0.05, 0.1) is 27.6 Å². The second kappa shape index (κ2) is 6.26. The van der Waals surface area contributed by atoms with Crippen LogP contribution in [0.3, 0.4) is 0 Å². The Labute approximate surface area is 138 Å². The summed E-state index contributed by atoms with van der Waals surface area (Å²) in [6.07, 6.45) is 3.69. The highest BCUT2D eigenvalue weighted by Gasteiger charge is 2.02. The van der Waals surface area contributed by atoms with Gasteiger partial charge in [-0.1, -0.05) is 23.2 Å². The van der Waals surface area contributed by atoms with Crippen molar-refractivity contribution in [2.75, 3.05) is 0 Å². The Balaban J connectivity index is 1.90. The van der Waals surface area contributed by atoms with Gasteiger partial charge in [-0.2, -0.15) is 0 Å². The van der Waals surface area contributed by atoms with E-state index in [1.165, 1.54) is 0 Å².